The van der Waals surface area contributed by atoms with Gasteiger partial charge in [-0.2, -0.15) is 0 Å². The van der Waals surface area contributed by atoms with Crippen LogP contribution in [0, 0.1) is 0 Å². The lowest BCUT2D eigenvalue weighted by atomic mass is 10.1. The summed E-state index contributed by atoms with van der Waals surface area (Å²) in [5.74, 6) is 0.812. The molecule has 0 aliphatic heterocycles. The van der Waals surface area contributed by atoms with Gasteiger partial charge in [-0.15, -0.1) is 0 Å². The normalized spacial score (nSPS) is 10.0. The zero-order valence-corrected chi connectivity index (χ0v) is 7.51. The first kappa shape index (κ1) is 8.50. The lowest BCUT2D eigenvalue weighted by molar-refractivity contribution is 1.19. The number of rotatable bonds is 1. The van der Waals surface area contributed by atoms with E-state index in [0.717, 1.165) is 5.56 Å². The maximum atomic E-state index is 5.72. The minimum Gasteiger partial charge on any atom is -0.383 e. The molecule has 0 aliphatic carbocycles. The molecule has 0 saturated heterocycles. The molecule has 0 atom stereocenters. The first-order valence-corrected chi connectivity index (χ1v) is 4.20. The van der Waals surface area contributed by atoms with E-state index in [0.29, 0.717) is 17.2 Å². The van der Waals surface area contributed by atoms with E-state index in [1.54, 1.807) is 0 Å². The molecule has 2 rings (SSSR count). The van der Waals surface area contributed by atoms with E-state index in [1.165, 1.54) is 6.33 Å². The monoisotopic (exact) mass is 186 g/mol. The number of nitrogens with two attached hydrogens (primary N) is 2. The number of hydrogen-bond acceptors (Lipinski definition) is 4. The maximum absolute atomic E-state index is 5.72. The van der Waals surface area contributed by atoms with Crippen LogP contribution < -0.4 is 11.5 Å². The predicted molar refractivity (Wildman–Crippen MR) is 56.3 cm³/mol. The van der Waals surface area contributed by atoms with Crippen molar-refractivity contribution in [1.82, 2.24) is 9.97 Å². The van der Waals surface area contributed by atoms with Crippen LogP contribution in [-0.2, 0) is 0 Å². The zero-order valence-electron chi connectivity index (χ0n) is 7.51. The Morgan fingerprint density at radius 3 is 2.00 bits per heavy atom. The van der Waals surface area contributed by atoms with Crippen molar-refractivity contribution in [1.29, 1.82) is 0 Å². The standard InChI is InChI=1S/C10H10N4/c11-9-8(10(12)14-6-13-9)7-4-2-1-3-5-7/h1-6H,(H4,11,12,13,14). The van der Waals surface area contributed by atoms with Crippen molar-refractivity contribution in [3.05, 3.63) is 36.7 Å². The molecule has 0 unspecified atom stereocenters. The fourth-order valence-corrected chi connectivity index (χ4v) is 1.31. The minimum atomic E-state index is 0.406. The van der Waals surface area contributed by atoms with Crippen LogP contribution in [-0.4, -0.2) is 9.97 Å². The maximum Gasteiger partial charge on any atom is 0.136 e. The third-order valence-corrected chi connectivity index (χ3v) is 1.97. The predicted octanol–water partition coefficient (Wildman–Crippen LogP) is 1.31. The Morgan fingerprint density at radius 2 is 1.43 bits per heavy atom. The molecule has 0 spiro atoms. The summed E-state index contributed by atoms with van der Waals surface area (Å²) in [7, 11) is 0. The van der Waals surface area contributed by atoms with Crippen molar-refractivity contribution in [3.63, 3.8) is 0 Å². The van der Waals surface area contributed by atoms with E-state index in [1.807, 2.05) is 30.3 Å². The van der Waals surface area contributed by atoms with Crippen molar-refractivity contribution >= 4 is 11.6 Å². The highest BCUT2D eigenvalue weighted by atomic mass is 15.0. The molecule has 1 heterocycles. The topological polar surface area (TPSA) is 77.8 Å². The number of aromatic nitrogens is 2. The highest BCUT2D eigenvalue weighted by Gasteiger charge is 2.07. The molecule has 70 valence electrons. The van der Waals surface area contributed by atoms with Crippen molar-refractivity contribution in [2.45, 2.75) is 0 Å². The molecule has 4 N–H and O–H groups in total. The molecular weight excluding hydrogens is 176 g/mol. The fourth-order valence-electron chi connectivity index (χ4n) is 1.31. The van der Waals surface area contributed by atoms with Gasteiger partial charge >= 0.3 is 0 Å². The Kier molecular flexibility index (Phi) is 2.02. The van der Waals surface area contributed by atoms with Gasteiger partial charge in [0.15, 0.2) is 0 Å². The van der Waals surface area contributed by atoms with Crippen LogP contribution in [0.25, 0.3) is 11.1 Å². The number of hydrogen-bond donors (Lipinski definition) is 2. The van der Waals surface area contributed by atoms with Crippen LogP contribution in [0.4, 0.5) is 11.6 Å². The van der Waals surface area contributed by atoms with Gasteiger partial charge in [0.25, 0.3) is 0 Å². The second kappa shape index (κ2) is 3.33. The van der Waals surface area contributed by atoms with E-state index in [-0.39, 0.29) is 0 Å². The summed E-state index contributed by atoms with van der Waals surface area (Å²) >= 11 is 0. The molecule has 1 aromatic carbocycles. The fraction of sp³-hybridized carbons (Fsp3) is 0. The average Bonchev–Trinajstić information content (AvgIpc) is 2.19. The van der Waals surface area contributed by atoms with Gasteiger partial charge in [0, 0.05) is 0 Å². The van der Waals surface area contributed by atoms with Crippen LogP contribution in [0.15, 0.2) is 36.7 Å². The first-order chi connectivity index (χ1) is 6.79. The summed E-state index contributed by atoms with van der Waals surface area (Å²) in [5.41, 5.74) is 13.1. The molecule has 2 aromatic rings. The Balaban J connectivity index is 2.63. The van der Waals surface area contributed by atoms with Crippen molar-refractivity contribution in [2.24, 2.45) is 0 Å². The van der Waals surface area contributed by atoms with Crippen LogP contribution >= 0.6 is 0 Å². The molecule has 0 bridgehead atoms. The second-order valence-electron chi connectivity index (χ2n) is 2.89. The molecule has 0 amide bonds. The third-order valence-electron chi connectivity index (χ3n) is 1.97. The molecule has 0 radical (unpaired) electrons. The minimum absolute atomic E-state index is 0.406. The van der Waals surface area contributed by atoms with Gasteiger partial charge in [0.2, 0.25) is 0 Å². The molecule has 4 nitrogen and oxygen atoms in total. The summed E-state index contributed by atoms with van der Waals surface area (Å²) in [4.78, 5) is 7.81. The summed E-state index contributed by atoms with van der Waals surface area (Å²) < 4.78 is 0. The molecule has 0 fully saturated rings. The van der Waals surface area contributed by atoms with Gasteiger partial charge in [-0.1, -0.05) is 30.3 Å². The van der Waals surface area contributed by atoms with Gasteiger partial charge in [-0.3, -0.25) is 0 Å². The summed E-state index contributed by atoms with van der Waals surface area (Å²) in [6, 6.07) is 9.61. The van der Waals surface area contributed by atoms with E-state index in [4.69, 9.17) is 11.5 Å². The zero-order chi connectivity index (χ0) is 9.97. The molecular formula is C10H10N4. The van der Waals surface area contributed by atoms with Crippen molar-refractivity contribution in [2.75, 3.05) is 11.5 Å². The SMILES string of the molecule is Nc1ncnc(N)c1-c1ccccc1. The Morgan fingerprint density at radius 1 is 0.857 bits per heavy atom. The third kappa shape index (κ3) is 1.37. The van der Waals surface area contributed by atoms with E-state index >= 15 is 0 Å². The van der Waals surface area contributed by atoms with E-state index < -0.39 is 0 Å². The number of anilines is 2. The molecule has 0 aliphatic rings. The lowest BCUT2D eigenvalue weighted by Gasteiger charge is -2.06. The van der Waals surface area contributed by atoms with Gasteiger partial charge in [-0.05, 0) is 5.56 Å². The number of nitrogen functional groups attached to an aromatic ring is 2. The van der Waals surface area contributed by atoms with Crippen LogP contribution in [0.2, 0.25) is 0 Å². The summed E-state index contributed by atoms with van der Waals surface area (Å²) in [5, 5.41) is 0. The number of nitrogens with zero attached hydrogens (tertiary/aromatic N) is 2. The number of benzene rings is 1. The molecule has 4 heteroatoms. The highest BCUT2D eigenvalue weighted by molar-refractivity contribution is 5.81. The van der Waals surface area contributed by atoms with E-state index in [9.17, 15) is 0 Å². The molecule has 14 heavy (non-hydrogen) atoms. The Hall–Kier alpha value is -2.10. The quantitative estimate of drug-likeness (QED) is 0.703. The highest BCUT2D eigenvalue weighted by Crippen LogP contribution is 2.27. The summed E-state index contributed by atoms with van der Waals surface area (Å²) in [6.07, 6.45) is 1.36. The second-order valence-corrected chi connectivity index (χ2v) is 2.89. The van der Waals surface area contributed by atoms with Crippen molar-refractivity contribution < 1.29 is 0 Å². The van der Waals surface area contributed by atoms with Gasteiger partial charge in [0.1, 0.15) is 18.0 Å². The van der Waals surface area contributed by atoms with Crippen LogP contribution in [0.5, 0.6) is 0 Å². The van der Waals surface area contributed by atoms with Gasteiger partial charge < -0.3 is 11.5 Å². The van der Waals surface area contributed by atoms with E-state index in [2.05, 4.69) is 9.97 Å². The Bertz CT molecular complexity index is 419. The average molecular weight is 186 g/mol. The van der Waals surface area contributed by atoms with Gasteiger partial charge in [-0.25, -0.2) is 9.97 Å². The first-order valence-electron chi connectivity index (χ1n) is 4.20. The molecule has 1 aromatic heterocycles. The molecule has 0 saturated carbocycles. The summed E-state index contributed by atoms with van der Waals surface area (Å²) in [6.45, 7) is 0. The van der Waals surface area contributed by atoms with Crippen LogP contribution in [0.3, 0.4) is 0 Å². The smallest absolute Gasteiger partial charge is 0.136 e. The van der Waals surface area contributed by atoms with Gasteiger partial charge in [0.05, 0.1) is 5.56 Å². The lowest BCUT2D eigenvalue weighted by Crippen LogP contribution is -2.01. The Labute approximate surface area is 81.6 Å². The van der Waals surface area contributed by atoms with Crippen LogP contribution in [0.1, 0.15) is 0 Å². The van der Waals surface area contributed by atoms with Crippen molar-refractivity contribution in [3.8, 4) is 11.1 Å². The largest absolute Gasteiger partial charge is 0.383 e.